The summed E-state index contributed by atoms with van der Waals surface area (Å²) < 4.78 is 6.48. The Morgan fingerprint density at radius 3 is 2.15 bits per heavy atom. The van der Waals surface area contributed by atoms with Crippen molar-refractivity contribution in [1.29, 1.82) is 0 Å². The molecule has 0 saturated heterocycles. The van der Waals surface area contributed by atoms with E-state index in [2.05, 4.69) is 123 Å². The summed E-state index contributed by atoms with van der Waals surface area (Å²) in [4.78, 5) is 7.42. The number of fused-ring (bicyclic) bond motifs is 4. The smallest absolute Gasteiger partial charge is 0.436 e. The quantitative estimate of drug-likeness (QED) is 0.230. The first-order valence-corrected chi connectivity index (χ1v) is 14.2. The van der Waals surface area contributed by atoms with Crippen LogP contribution in [0.4, 0.5) is 17.1 Å². The summed E-state index contributed by atoms with van der Waals surface area (Å²) in [6.45, 7) is 8.95. The molecule has 0 bridgehead atoms. The monoisotopic (exact) mass is 521 g/mol. The highest BCUT2D eigenvalue weighted by Gasteiger charge is 2.41. The van der Waals surface area contributed by atoms with E-state index < -0.39 is 0 Å². The molecule has 0 saturated carbocycles. The van der Waals surface area contributed by atoms with Crippen LogP contribution in [-0.4, -0.2) is 12.0 Å². The standard InChI is InChI=1S/C35H32BN3O/c1-22(2)28-20-25(24-12-6-5-7-13-24)21-29(23(3)4)33(28)39-31-16-10-9-15-30(31)38-36(39)35-34-27(18-19-37-35)26-14-8-11-17-32(26)40-34/h5-23,38H,1-4H3. The van der Waals surface area contributed by atoms with Crippen LogP contribution in [0.3, 0.4) is 0 Å². The molecule has 0 atom stereocenters. The van der Waals surface area contributed by atoms with Gasteiger partial charge in [0.25, 0.3) is 0 Å². The number of hydrogen-bond acceptors (Lipinski definition) is 4. The van der Waals surface area contributed by atoms with Gasteiger partial charge in [0, 0.05) is 28.3 Å². The summed E-state index contributed by atoms with van der Waals surface area (Å²) in [6, 6.07) is 34.3. The van der Waals surface area contributed by atoms with E-state index in [-0.39, 0.29) is 6.98 Å². The molecule has 4 nitrogen and oxygen atoms in total. The van der Waals surface area contributed by atoms with Gasteiger partial charge in [-0.1, -0.05) is 88.4 Å². The van der Waals surface area contributed by atoms with Gasteiger partial charge in [-0.05, 0) is 70.5 Å². The summed E-state index contributed by atoms with van der Waals surface area (Å²) in [5.74, 6) is 0.638. The predicted molar refractivity (Wildman–Crippen MR) is 169 cm³/mol. The lowest BCUT2D eigenvalue weighted by Crippen LogP contribution is -2.50. The minimum Gasteiger partial charge on any atom is -0.455 e. The van der Waals surface area contributed by atoms with E-state index in [4.69, 9.17) is 9.40 Å². The van der Waals surface area contributed by atoms with Crippen LogP contribution in [0.15, 0.2) is 108 Å². The Labute approximate surface area is 235 Å². The molecule has 3 heterocycles. The maximum atomic E-state index is 6.48. The van der Waals surface area contributed by atoms with Gasteiger partial charge in [0.15, 0.2) is 5.58 Å². The number of pyridine rings is 1. The number of anilines is 3. The topological polar surface area (TPSA) is 41.3 Å². The molecular formula is C35H32BN3O. The first-order valence-electron chi connectivity index (χ1n) is 14.2. The SMILES string of the molecule is CC(C)c1cc(-c2ccccc2)cc(C(C)C)c1N1B(c2nccc3c2oc2ccccc23)Nc2ccccc21. The van der Waals surface area contributed by atoms with E-state index >= 15 is 0 Å². The van der Waals surface area contributed by atoms with E-state index in [0.717, 1.165) is 38.9 Å². The molecule has 0 spiro atoms. The second-order valence-corrected chi connectivity index (χ2v) is 11.3. The van der Waals surface area contributed by atoms with Gasteiger partial charge in [-0.2, -0.15) is 0 Å². The van der Waals surface area contributed by atoms with Crippen LogP contribution in [0, 0.1) is 0 Å². The average molecular weight is 521 g/mol. The van der Waals surface area contributed by atoms with Gasteiger partial charge in [0.2, 0.25) is 0 Å². The highest BCUT2D eigenvalue weighted by atomic mass is 16.3. The van der Waals surface area contributed by atoms with Crippen LogP contribution in [-0.2, 0) is 0 Å². The fraction of sp³-hybridized carbons (Fsp3) is 0.171. The number of benzene rings is 4. The zero-order valence-electron chi connectivity index (χ0n) is 23.3. The molecule has 1 aliphatic heterocycles. The van der Waals surface area contributed by atoms with Crippen molar-refractivity contribution in [3.05, 3.63) is 114 Å². The number of para-hydroxylation sites is 3. The number of hydrogen-bond donors (Lipinski definition) is 1. The second kappa shape index (κ2) is 9.60. The highest BCUT2D eigenvalue weighted by molar-refractivity contribution is 6.83. The number of aromatic nitrogens is 1. The highest BCUT2D eigenvalue weighted by Crippen LogP contribution is 2.47. The molecule has 5 heteroatoms. The molecule has 0 amide bonds. The van der Waals surface area contributed by atoms with Crippen molar-refractivity contribution < 1.29 is 4.42 Å². The molecule has 1 aliphatic rings. The average Bonchev–Trinajstić information content (AvgIpc) is 3.55. The minimum absolute atomic E-state index is 0.223. The van der Waals surface area contributed by atoms with E-state index in [1.54, 1.807) is 0 Å². The number of nitrogens with zero attached hydrogens (tertiary/aromatic N) is 2. The van der Waals surface area contributed by atoms with Crippen LogP contribution in [0.5, 0.6) is 0 Å². The van der Waals surface area contributed by atoms with Gasteiger partial charge in [-0.3, -0.25) is 4.98 Å². The lowest BCUT2D eigenvalue weighted by molar-refractivity contribution is 0.670. The van der Waals surface area contributed by atoms with Gasteiger partial charge in [0.05, 0.1) is 5.69 Å². The van der Waals surface area contributed by atoms with Gasteiger partial charge in [-0.15, -0.1) is 0 Å². The molecule has 196 valence electrons. The van der Waals surface area contributed by atoms with Crippen molar-refractivity contribution in [3.8, 4) is 11.1 Å². The van der Waals surface area contributed by atoms with Crippen molar-refractivity contribution in [2.75, 3.05) is 10.0 Å². The van der Waals surface area contributed by atoms with Crippen LogP contribution >= 0.6 is 0 Å². The molecule has 2 aromatic heterocycles. The van der Waals surface area contributed by atoms with Crippen molar-refractivity contribution >= 4 is 51.6 Å². The van der Waals surface area contributed by atoms with Gasteiger partial charge < -0.3 is 14.5 Å². The number of nitrogens with one attached hydrogen (secondary N) is 1. The molecule has 0 unspecified atom stereocenters. The second-order valence-electron chi connectivity index (χ2n) is 11.3. The summed E-state index contributed by atoms with van der Waals surface area (Å²) >= 11 is 0. The van der Waals surface area contributed by atoms with E-state index in [0.29, 0.717) is 11.8 Å². The summed E-state index contributed by atoms with van der Waals surface area (Å²) in [7, 11) is 0. The molecule has 4 aromatic carbocycles. The fourth-order valence-electron chi connectivity index (χ4n) is 6.10. The summed E-state index contributed by atoms with van der Waals surface area (Å²) in [5.41, 5.74) is 11.2. The Morgan fingerprint density at radius 1 is 0.725 bits per heavy atom. The molecular weight excluding hydrogens is 489 g/mol. The Kier molecular flexibility index (Phi) is 5.89. The molecule has 6 aromatic rings. The molecule has 0 fully saturated rings. The van der Waals surface area contributed by atoms with E-state index in [9.17, 15) is 0 Å². The third kappa shape index (κ3) is 3.88. The van der Waals surface area contributed by atoms with E-state index in [1.165, 1.54) is 27.9 Å². The molecule has 40 heavy (non-hydrogen) atoms. The first-order chi connectivity index (χ1) is 19.5. The zero-order chi connectivity index (χ0) is 27.4. The van der Waals surface area contributed by atoms with Crippen LogP contribution in [0.2, 0.25) is 0 Å². The van der Waals surface area contributed by atoms with Crippen LogP contribution in [0.25, 0.3) is 33.1 Å². The number of furan rings is 1. The molecule has 0 aliphatic carbocycles. The Balaban J connectivity index is 1.50. The van der Waals surface area contributed by atoms with Crippen LogP contribution < -0.4 is 15.6 Å². The lowest BCUT2D eigenvalue weighted by Gasteiger charge is -2.32. The van der Waals surface area contributed by atoms with Gasteiger partial charge in [0.1, 0.15) is 11.2 Å². The predicted octanol–water partition coefficient (Wildman–Crippen LogP) is 8.85. The Bertz CT molecular complexity index is 1830. The minimum atomic E-state index is -0.223. The van der Waals surface area contributed by atoms with E-state index in [1.807, 2.05) is 18.3 Å². The maximum absolute atomic E-state index is 6.48. The van der Waals surface area contributed by atoms with Gasteiger partial charge in [-0.25, -0.2) is 0 Å². The maximum Gasteiger partial charge on any atom is 0.436 e. The lowest BCUT2D eigenvalue weighted by atomic mass is 9.68. The Hall–Kier alpha value is -4.51. The van der Waals surface area contributed by atoms with Crippen molar-refractivity contribution in [2.45, 2.75) is 39.5 Å². The normalized spacial score (nSPS) is 13.1. The molecule has 7 rings (SSSR count). The van der Waals surface area contributed by atoms with Crippen molar-refractivity contribution in [1.82, 2.24) is 4.98 Å². The van der Waals surface area contributed by atoms with Crippen molar-refractivity contribution in [2.24, 2.45) is 0 Å². The van der Waals surface area contributed by atoms with Crippen molar-refractivity contribution in [3.63, 3.8) is 0 Å². The molecule has 1 N–H and O–H groups in total. The number of rotatable bonds is 5. The van der Waals surface area contributed by atoms with Crippen LogP contribution in [0.1, 0.15) is 50.7 Å². The Morgan fingerprint density at radius 2 is 1.40 bits per heavy atom. The fourth-order valence-corrected chi connectivity index (χ4v) is 6.10. The summed E-state index contributed by atoms with van der Waals surface area (Å²) in [6.07, 6.45) is 1.91. The third-order valence-electron chi connectivity index (χ3n) is 8.06. The van der Waals surface area contributed by atoms with Gasteiger partial charge >= 0.3 is 6.98 Å². The first kappa shape index (κ1) is 24.5. The largest absolute Gasteiger partial charge is 0.455 e. The zero-order valence-corrected chi connectivity index (χ0v) is 23.3. The summed E-state index contributed by atoms with van der Waals surface area (Å²) in [5, 5.41) is 6.02. The third-order valence-corrected chi connectivity index (χ3v) is 8.06. The molecule has 0 radical (unpaired) electrons.